The summed E-state index contributed by atoms with van der Waals surface area (Å²) >= 11 is 0. The van der Waals surface area contributed by atoms with Gasteiger partial charge in [-0.3, -0.25) is 14.2 Å². The maximum atomic E-state index is 12.6. The van der Waals surface area contributed by atoms with E-state index >= 15 is 0 Å². The van der Waals surface area contributed by atoms with Crippen molar-refractivity contribution in [2.24, 2.45) is 0 Å². The molecule has 0 fully saturated rings. The largest absolute Gasteiger partial charge is 0.756 e. The molecule has 0 spiro atoms. The molecule has 10 heteroatoms. The average molecular weight is 780 g/mol. The highest BCUT2D eigenvalue weighted by Crippen LogP contribution is 2.38. The van der Waals surface area contributed by atoms with Gasteiger partial charge in [0.25, 0.3) is 7.82 Å². The topological polar surface area (TPSA) is 111 Å². The van der Waals surface area contributed by atoms with Gasteiger partial charge >= 0.3 is 11.9 Å². The van der Waals surface area contributed by atoms with E-state index < -0.39 is 32.5 Å². The zero-order chi connectivity index (χ0) is 40.0. The Morgan fingerprint density at radius 1 is 0.593 bits per heavy atom. The highest BCUT2D eigenvalue weighted by Gasteiger charge is 2.21. The minimum Gasteiger partial charge on any atom is -0.756 e. The van der Waals surface area contributed by atoms with Crippen LogP contribution in [-0.2, 0) is 32.7 Å². The van der Waals surface area contributed by atoms with Crippen LogP contribution in [-0.4, -0.2) is 70.0 Å². The highest BCUT2D eigenvalue weighted by atomic mass is 31.2. The summed E-state index contributed by atoms with van der Waals surface area (Å²) in [6, 6.07) is 0. The van der Waals surface area contributed by atoms with Crippen molar-refractivity contribution in [3.8, 4) is 0 Å². The van der Waals surface area contributed by atoms with Gasteiger partial charge in [0.2, 0.25) is 0 Å². The number of likely N-dealkylation sites (N-methyl/N-ethyl adjacent to an activating group) is 1. The van der Waals surface area contributed by atoms with Crippen molar-refractivity contribution >= 4 is 19.8 Å². The van der Waals surface area contributed by atoms with Crippen LogP contribution in [0.5, 0.6) is 0 Å². The molecule has 0 aliphatic carbocycles. The SMILES string of the molecule is CC/C=C\C/C=C\C/C=C\C/C=C\C/C=C\CC(=O)OC(COC(=O)CCCCCCCCCCCCCCCCC)COP(=O)([O-])OCC[N+](C)(C)C. The number of quaternary nitrogens is 1. The second-order valence-corrected chi connectivity index (χ2v) is 16.4. The van der Waals surface area contributed by atoms with Crippen molar-refractivity contribution in [2.45, 2.75) is 161 Å². The van der Waals surface area contributed by atoms with Gasteiger partial charge in [0.1, 0.15) is 19.8 Å². The second kappa shape index (κ2) is 36.4. The minimum absolute atomic E-state index is 0.00781. The predicted octanol–water partition coefficient (Wildman–Crippen LogP) is 11.1. The van der Waals surface area contributed by atoms with Crippen LogP contribution in [0.2, 0.25) is 0 Å². The Bertz CT molecular complexity index is 1110. The number of nitrogens with zero attached hydrogens (tertiary/aromatic N) is 1. The lowest BCUT2D eigenvalue weighted by atomic mass is 10.0. The van der Waals surface area contributed by atoms with Gasteiger partial charge in [0.05, 0.1) is 34.2 Å². The van der Waals surface area contributed by atoms with Crippen LogP contribution in [0.3, 0.4) is 0 Å². The molecule has 54 heavy (non-hydrogen) atoms. The zero-order valence-corrected chi connectivity index (χ0v) is 35.8. The molecule has 2 unspecified atom stereocenters. The monoisotopic (exact) mass is 780 g/mol. The third-order valence-electron chi connectivity index (χ3n) is 8.59. The highest BCUT2D eigenvalue weighted by molar-refractivity contribution is 7.45. The Kier molecular flexibility index (Phi) is 34.8. The third-order valence-corrected chi connectivity index (χ3v) is 9.55. The molecule has 0 aromatic heterocycles. The molecule has 9 nitrogen and oxygen atoms in total. The van der Waals surface area contributed by atoms with Gasteiger partial charge in [-0.2, -0.15) is 0 Å². The Balaban J connectivity index is 4.51. The lowest BCUT2D eigenvalue weighted by Gasteiger charge is -2.28. The Morgan fingerprint density at radius 3 is 1.50 bits per heavy atom. The second-order valence-electron chi connectivity index (χ2n) is 15.0. The summed E-state index contributed by atoms with van der Waals surface area (Å²) in [7, 11) is 1.10. The first-order valence-corrected chi connectivity index (χ1v) is 22.5. The van der Waals surface area contributed by atoms with E-state index in [-0.39, 0.29) is 26.1 Å². The minimum atomic E-state index is -4.65. The molecular formula is C44H78NO8P. The van der Waals surface area contributed by atoms with Crippen molar-refractivity contribution in [1.29, 1.82) is 0 Å². The molecule has 0 aliphatic rings. The maximum absolute atomic E-state index is 12.6. The third kappa shape index (κ3) is 39.4. The molecule has 312 valence electrons. The molecular weight excluding hydrogens is 701 g/mol. The summed E-state index contributed by atoms with van der Waals surface area (Å²) in [5.41, 5.74) is 0. The Hall–Kier alpha value is -2.29. The number of phosphoric ester groups is 1. The summed E-state index contributed by atoms with van der Waals surface area (Å²) in [6.45, 7) is 3.99. The quantitative estimate of drug-likeness (QED) is 0.0201. The predicted molar refractivity (Wildman–Crippen MR) is 222 cm³/mol. The zero-order valence-electron chi connectivity index (χ0n) is 34.9. The van der Waals surface area contributed by atoms with Crippen LogP contribution in [0, 0.1) is 0 Å². The number of ether oxygens (including phenoxy) is 2. The first-order chi connectivity index (χ1) is 26.0. The van der Waals surface area contributed by atoms with Gasteiger partial charge < -0.3 is 27.9 Å². The van der Waals surface area contributed by atoms with Gasteiger partial charge in [-0.15, -0.1) is 0 Å². The molecule has 0 saturated heterocycles. The number of carbonyl (C=O) groups excluding carboxylic acids is 2. The molecule has 0 N–H and O–H groups in total. The normalized spacial score (nSPS) is 14.3. The summed E-state index contributed by atoms with van der Waals surface area (Å²) in [6.07, 6.45) is 42.8. The van der Waals surface area contributed by atoms with Crippen molar-refractivity contribution in [3.05, 3.63) is 60.8 Å². The first-order valence-electron chi connectivity index (χ1n) is 21.0. The van der Waals surface area contributed by atoms with Crippen molar-refractivity contribution in [1.82, 2.24) is 0 Å². The number of carbonyl (C=O) groups is 2. The van der Waals surface area contributed by atoms with Crippen molar-refractivity contribution in [3.63, 3.8) is 0 Å². The van der Waals surface area contributed by atoms with E-state index in [1.807, 2.05) is 33.3 Å². The van der Waals surface area contributed by atoms with Gasteiger partial charge in [-0.25, -0.2) is 0 Å². The van der Waals surface area contributed by atoms with Crippen LogP contribution in [0.1, 0.15) is 155 Å². The van der Waals surface area contributed by atoms with Crippen LogP contribution in [0.15, 0.2) is 60.8 Å². The number of unbranched alkanes of at least 4 members (excludes halogenated alkanes) is 14. The van der Waals surface area contributed by atoms with Gasteiger partial charge in [-0.1, -0.05) is 164 Å². The number of hydrogen-bond acceptors (Lipinski definition) is 8. The van der Waals surface area contributed by atoms with Gasteiger partial charge in [0.15, 0.2) is 6.10 Å². The van der Waals surface area contributed by atoms with Gasteiger partial charge in [0, 0.05) is 6.42 Å². The molecule has 0 radical (unpaired) electrons. The smallest absolute Gasteiger partial charge is 0.310 e. The Labute approximate surface area is 330 Å². The Morgan fingerprint density at radius 2 is 1.04 bits per heavy atom. The summed E-state index contributed by atoms with van der Waals surface area (Å²) in [4.78, 5) is 37.4. The van der Waals surface area contributed by atoms with Crippen molar-refractivity contribution in [2.75, 3.05) is 47.5 Å². The van der Waals surface area contributed by atoms with Crippen LogP contribution < -0.4 is 4.89 Å². The van der Waals surface area contributed by atoms with Crippen LogP contribution in [0.4, 0.5) is 0 Å². The number of phosphoric acid groups is 1. The molecule has 2 atom stereocenters. The molecule has 0 saturated carbocycles. The molecule has 0 heterocycles. The molecule has 0 aliphatic heterocycles. The fraction of sp³-hybridized carbons (Fsp3) is 0.727. The van der Waals surface area contributed by atoms with Crippen molar-refractivity contribution < 1.29 is 42.1 Å². The number of hydrogen-bond donors (Lipinski definition) is 0. The lowest BCUT2D eigenvalue weighted by Crippen LogP contribution is -2.37. The van der Waals surface area contributed by atoms with E-state index in [1.54, 1.807) is 6.08 Å². The number of allylic oxidation sites excluding steroid dienone is 9. The average Bonchev–Trinajstić information content (AvgIpc) is 3.12. The molecule has 0 aromatic carbocycles. The van der Waals surface area contributed by atoms with E-state index in [1.165, 1.54) is 77.0 Å². The molecule has 0 aromatic rings. The maximum Gasteiger partial charge on any atom is 0.310 e. The number of esters is 2. The van der Waals surface area contributed by atoms with Gasteiger partial charge in [-0.05, 0) is 38.5 Å². The molecule has 0 rings (SSSR count). The van der Waals surface area contributed by atoms with Crippen LogP contribution in [0.25, 0.3) is 0 Å². The molecule has 0 bridgehead atoms. The fourth-order valence-electron chi connectivity index (χ4n) is 5.32. The molecule has 0 amide bonds. The van der Waals surface area contributed by atoms with Crippen LogP contribution >= 0.6 is 7.82 Å². The first kappa shape index (κ1) is 51.7. The summed E-state index contributed by atoms with van der Waals surface area (Å²) < 4.78 is 33.7. The number of rotatable bonds is 37. The standard InChI is InChI=1S/C44H78NO8P/c1-6-8-10-12-14-16-18-20-22-24-26-28-30-32-34-36-43(46)50-40-42(41-52-54(48,49)51-39-38-45(3,4)5)53-44(47)37-35-33-31-29-27-25-23-21-19-17-15-13-11-9-7-2/h9,11,15,17,21,23,27,29,33,35,42H,6-8,10,12-14,16,18-20,22,24-26,28,30-32,34,36-41H2,1-5H3/b11-9-,17-15-,23-21-,29-27-,35-33-. The van der Waals surface area contributed by atoms with E-state index in [9.17, 15) is 19.0 Å². The lowest BCUT2D eigenvalue weighted by molar-refractivity contribution is -0.870. The fourth-order valence-corrected chi connectivity index (χ4v) is 6.05. The van der Waals surface area contributed by atoms with E-state index in [2.05, 4.69) is 56.4 Å². The summed E-state index contributed by atoms with van der Waals surface area (Å²) in [5, 5.41) is 0. The summed E-state index contributed by atoms with van der Waals surface area (Å²) in [5.74, 6) is -0.983. The van der Waals surface area contributed by atoms with E-state index in [0.717, 1.165) is 44.9 Å². The van der Waals surface area contributed by atoms with E-state index in [0.29, 0.717) is 17.4 Å². The van der Waals surface area contributed by atoms with E-state index in [4.69, 9.17) is 18.5 Å².